The molecular weight excluding hydrogens is 306 g/mol. The number of nitrogens with zero attached hydrogens (tertiary/aromatic N) is 2. The Kier molecular flexibility index (Phi) is 4.37. The van der Waals surface area contributed by atoms with Gasteiger partial charge in [-0.3, -0.25) is 4.79 Å². The van der Waals surface area contributed by atoms with Crippen LogP contribution in [-0.4, -0.2) is 29.5 Å². The number of pyridine rings is 1. The van der Waals surface area contributed by atoms with Crippen molar-refractivity contribution in [1.82, 2.24) is 9.38 Å². The van der Waals surface area contributed by atoms with Crippen LogP contribution in [0.25, 0.3) is 5.52 Å². The summed E-state index contributed by atoms with van der Waals surface area (Å²) in [6, 6.07) is 10.9. The molecule has 0 atom stereocenters. The minimum atomic E-state index is -0.276. The van der Waals surface area contributed by atoms with Crippen molar-refractivity contribution in [2.75, 3.05) is 19.5 Å². The first-order chi connectivity index (χ1) is 11.7. The summed E-state index contributed by atoms with van der Waals surface area (Å²) in [7, 11) is 3.13. The summed E-state index contributed by atoms with van der Waals surface area (Å²) < 4.78 is 12.4. The second-order valence-corrected chi connectivity index (χ2v) is 5.21. The molecule has 124 valence electrons. The third kappa shape index (κ3) is 2.78. The molecule has 2 aromatic heterocycles. The Morgan fingerprint density at radius 3 is 2.75 bits per heavy atom. The van der Waals surface area contributed by atoms with E-state index in [-0.39, 0.29) is 5.91 Å². The van der Waals surface area contributed by atoms with Crippen LogP contribution in [0.4, 0.5) is 5.69 Å². The maximum Gasteiger partial charge on any atom is 0.276 e. The zero-order valence-corrected chi connectivity index (χ0v) is 13.9. The molecule has 0 aliphatic carbocycles. The number of hydrogen-bond donors (Lipinski definition) is 1. The minimum Gasteiger partial charge on any atom is -0.497 e. The summed E-state index contributed by atoms with van der Waals surface area (Å²) in [4.78, 5) is 17.2. The molecule has 3 aromatic rings. The number of rotatable bonds is 5. The van der Waals surface area contributed by atoms with E-state index in [1.165, 1.54) is 0 Å². The fraction of sp³-hybridized carbons (Fsp3) is 0.222. The minimum absolute atomic E-state index is 0.276. The molecule has 0 saturated heterocycles. The van der Waals surface area contributed by atoms with Gasteiger partial charge in [-0.1, -0.05) is 13.0 Å². The Morgan fingerprint density at radius 1 is 1.21 bits per heavy atom. The number of imidazole rings is 1. The smallest absolute Gasteiger partial charge is 0.276 e. The molecule has 1 N–H and O–H groups in total. The molecule has 6 heteroatoms. The van der Waals surface area contributed by atoms with Crippen LogP contribution in [0, 0.1) is 0 Å². The number of aromatic nitrogens is 2. The molecule has 0 aliphatic rings. The molecule has 24 heavy (non-hydrogen) atoms. The number of aryl methyl sites for hydroxylation is 1. The van der Waals surface area contributed by atoms with Crippen LogP contribution in [0.15, 0.2) is 42.6 Å². The molecule has 0 unspecified atom stereocenters. The Hall–Kier alpha value is -3.02. The molecule has 0 aliphatic heterocycles. The molecule has 2 heterocycles. The van der Waals surface area contributed by atoms with E-state index in [1.807, 2.05) is 35.7 Å². The number of amides is 1. The highest BCUT2D eigenvalue weighted by Crippen LogP contribution is 2.29. The maximum atomic E-state index is 12.7. The number of ether oxygens (including phenoxy) is 2. The summed E-state index contributed by atoms with van der Waals surface area (Å²) in [5, 5.41) is 2.86. The van der Waals surface area contributed by atoms with Crippen molar-refractivity contribution >= 4 is 17.1 Å². The fourth-order valence-electron chi connectivity index (χ4n) is 2.60. The van der Waals surface area contributed by atoms with Crippen molar-refractivity contribution in [3.63, 3.8) is 0 Å². The largest absolute Gasteiger partial charge is 0.497 e. The van der Waals surface area contributed by atoms with Crippen molar-refractivity contribution < 1.29 is 14.3 Å². The van der Waals surface area contributed by atoms with Gasteiger partial charge in [-0.25, -0.2) is 4.98 Å². The average molecular weight is 325 g/mol. The molecule has 0 bridgehead atoms. The zero-order chi connectivity index (χ0) is 17.1. The molecule has 0 spiro atoms. The number of nitrogens with one attached hydrogen (secondary N) is 1. The van der Waals surface area contributed by atoms with E-state index in [0.717, 1.165) is 17.8 Å². The van der Waals surface area contributed by atoms with Gasteiger partial charge in [0.1, 0.15) is 17.3 Å². The summed E-state index contributed by atoms with van der Waals surface area (Å²) in [5.74, 6) is 1.76. The Morgan fingerprint density at radius 2 is 2.04 bits per heavy atom. The topological polar surface area (TPSA) is 64.9 Å². The highest BCUT2D eigenvalue weighted by molar-refractivity contribution is 6.08. The van der Waals surface area contributed by atoms with Gasteiger partial charge in [-0.05, 0) is 24.3 Å². The first kappa shape index (κ1) is 15.9. The number of methoxy groups -OCH3 is 2. The van der Waals surface area contributed by atoms with Crippen molar-refractivity contribution in [3.8, 4) is 11.5 Å². The quantitative estimate of drug-likeness (QED) is 0.782. The number of anilines is 1. The lowest BCUT2D eigenvalue weighted by Gasteiger charge is -2.11. The molecule has 0 saturated carbocycles. The van der Waals surface area contributed by atoms with Crippen molar-refractivity contribution in [2.24, 2.45) is 0 Å². The molecular formula is C18H19N3O3. The second kappa shape index (κ2) is 6.62. The lowest BCUT2D eigenvalue weighted by atomic mass is 10.2. The van der Waals surface area contributed by atoms with Crippen molar-refractivity contribution in [3.05, 3.63) is 54.1 Å². The number of hydrogen-bond acceptors (Lipinski definition) is 4. The van der Waals surface area contributed by atoms with Crippen LogP contribution in [0.2, 0.25) is 0 Å². The number of carbonyl (C=O) groups is 1. The Labute approximate surface area is 140 Å². The summed E-state index contributed by atoms with van der Waals surface area (Å²) >= 11 is 0. The van der Waals surface area contributed by atoms with Gasteiger partial charge in [0.15, 0.2) is 5.69 Å². The monoisotopic (exact) mass is 325 g/mol. The van der Waals surface area contributed by atoms with E-state index in [4.69, 9.17) is 9.47 Å². The first-order valence-electron chi connectivity index (χ1n) is 7.67. The standard InChI is InChI=1S/C18H19N3O3/c1-4-16-20-17(14-7-5-6-10-21(14)16)18(22)19-13-9-8-12(23-2)11-15(13)24-3/h5-11H,4H2,1-3H3,(H,19,22). The summed E-state index contributed by atoms with van der Waals surface area (Å²) in [5.41, 5.74) is 1.74. The van der Waals surface area contributed by atoms with Crippen LogP contribution in [-0.2, 0) is 6.42 Å². The van der Waals surface area contributed by atoms with E-state index in [0.29, 0.717) is 22.9 Å². The molecule has 1 amide bonds. The highest BCUT2D eigenvalue weighted by Gasteiger charge is 2.18. The van der Waals surface area contributed by atoms with Gasteiger partial charge in [0, 0.05) is 18.7 Å². The van der Waals surface area contributed by atoms with Crippen molar-refractivity contribution in [2.45, 2.75) is 13.3 Å². The van der Waals surface area contributed by atoms with Gasteiger partial charge in [-0.15, -0.1) is 0 Å². The number of carbonyl (C=O) groups excluding carboxylic acids is 1. The third-order valence-electron chi connectivity index (χ3n) is 3.81. The Balaban J connectivity index is 1.96. The van der Waals surface area contributed by atoms with E-state index in [2.05, 4.69) is 10.3 Å². The molecule has 0 fully saturated rings. The van der Waals surface area contributed by atoms with Crippen LogP contribution < -0.4 is 14.8 Å². The maximum absolute atomic E-state index is 12.7. The summed E-state index contributed by atoms with van der Waals surface area (Å²) in [6.45, 7) is 2.01. The summed E-state index contributed by atoms with van der Waals surface area (Å²) in [6.07, 6.45) is 2.65. The molecule has 1 aromatic carbocycles. The van der Waals surface area contributed by atoms with E-state index in [1.54, 1.807) is 32.4 Å². The van der Waals surface area contributed by atoms with Gasteiger partial charge < -0.3 is 19.2 Å². The SMILES string of the molecule is CCc1nc(C(=O)Nc2ccc(OC)cc2OC)c2ccccn12. The fourth-order valence-corrected chi connectivity index (χ4v) is 2.60. The predicted molar refractivity (Wildman–Crippen MR) is 92.1 cm³/mol. The van der Waals surface area contributed by atoms with Gasteiger partial charge in [0.2, 0.25) is 0 Å². The van der Waals surface area contributed by atoms with Crippen LogP contribution >= 0.6 is 0 Å². The molecule has 0 radical (unpaired) electrons. The normalized spacial score (nSPS) is 10.6. The van der Waals surface area contributed by atoms with Crippen LogP contribution in [0.3, 0.4) is 0 Å². The van der Waals surface area contributed by atoms with Crippen LogP contribution in [0.5, 0.6) is 11.5 Å². The van der Waals surface area contributed by atoms with E-state index in [9.17, 15) is 4.79 Å². The van der Waals surface area contributed by atoms with Crippen molar-refractivity contribution in [1.29, 1.82) is 0 Å². The third-order valence-corrected chi connectivity index (χ3v) is 3.81. The predicted octanol–water partition coefficient (Wildman–Crippen LogP) is 3.17. The lowest BCUT2D eigenvalue weighted by molar-refractivity contribution is 0.102. The van der Waals surface area contributed by atoms with Gasteiger partial charge >= 0.3 is 0 Å². The number of benzene rings is 1. The second-order valence-electron chi connectivity index (χ2n) is 5.21. The van der Waals surface area contributed by atoms with Gasteiger partial charge in [-0.2, -0.15) is 0 Å². The van der Waals surface area contributed by atoms with Crippen LogP contribution in [0.1, 0.15) is 23.2 Å². The van der Waals surface area contributed by atoms with E-state index < -0.39 is 0 Å². The first-order valence-corrected chi connectivity index (χ1v) is 7.67. The molecule has 3 rings (SSSR count). The number of fused-ring (bicyclic) bond motifs is 1. The highest BCUT2D eigenvalue weighted by atomic mass is 16.5. The van der Waals surface area contributed by atoms with E-state index >= 15 is 0 Å². The Bertz CT molecular complexity index is 886. The van der Waals surface area contributed by atoms with Gasteiger partial charge in [0.05, 0.1) is 25.4 Å². The zero-order valence-electron chi connectivity index (χ0n) is 13.9. The lowest BCUT2D eigenvalue weighted by Crippen LogP contribution is -2.13. The average Bonchev–Trinajstić information content (AvgIpc) is 3.01. The molecule has 6 nitrogen and oxygen atoms in total. The van der Waals surface area contributed by atoms with Gasteiger partial charge in [0.25, 0.3) is 5.91 Å².